The fraction of sp³-hybridized carbons (Fsp3) is 0.562. The van der Waals surface area contributed by atoms with Crippen LogP contribution in [0.2, 0.25) is 0 Å². The Morgan fingerprint density at radius 1 is 1.48 bits per heavy atom. The van der Waals surface area contributed by atoms with Crippen LogP contribution in [0, 0.1) is 0 Å². The van der Waals surface area contributed by atoms with Crippen LogP contribution in [-0.2, 0) is 11.3 Å². The smallest absolute Gasteiger partial charge is 0.221 e. The topological polar surface area (TPSA) is 67.6 Å². The number of ether oxygens (including phenoxy) is 1. The third-order valence-electron chi connectivity index (χ3n) is 3.87. The highest BCUT2D eigenvalue weighted by Gasteiger charge is 2.25. The van der Waals surface area contributed by atoms with Crippen molar-refractivity contribution in [2.24, 2.45) is 5.73 Å². The van der Waals surface area contributed by atoms with E-state index in [2.05, 4.69) is 10.2 Å². The van der Waals surface area contributed by atoms with Crippen molar-refractivity contribution in [1.82, 2.24) is 10.2 Å². The summed E-state index contributed by atoms with van der Waals surface area (Å²) in [5.41, 5.74) is 6.94. The molecule has 1 aliphatic carbocycles. The van der Waals surface area contributed by atoms with Crippen LogP contribution in [0.1, 0.15) is 24.8 Å². The second kappa shape index (κ2) is 7.43. The van der Waals surface area contributed by atoms with Crippen molar-refractivity contribution in [3.63, 3.8) is 0 Å². The van der Waals surface area contributed by atoms with Crippen molar-refractivity contribution >= 4 is 5.91 Å². The van der Waals surface area contributed by atoms with Crippen LogP contribution in [-0.4, -0.2) is 43.6 Å². The lowest BCUT2D eigenvalue weighted by Crippen LogP contribution is -2.42. The summed E-state index contributed by atoms with van der Waals surface area (Å²) < 4.78 is 5.36. The van der Waals surface area contributed by atoms with Crippen molar-refractivity contribution < 1.29 is 9.53 Å². The van der Waals surface area contributed by atoms with Gasteiger partial charge in [-0.15, -0.1) is 0 Å². The first kappa shape index (κ1) is 15.8. The molecule has 0 spiro atoms. The minimum absolute atomic E-state index is 0.0358. The summed E-state index contributed by atoms with van der Waals surface area (Å²) in [5.74, 6) is 0.961. The van der Waals surface area contributed by atoms with Gasteiger partial charge in [-0.25, -0.2) is 0 Å². The Balaban J connectivity index is 1.92. The molecule has 1 unspecified atom stereocenters. The van der Waals surface area contributed by atoms with Gasteiger partial charge in [0.2, 0.25) is 5.91 Å². The number of para-hydroxylation sites is 1. The monoisotopic (exact) mass is 291 g/mol. The van der Waals surface area contributed by atoms with Gasteiger partial charge in [0, 0.05) is 37.2 Å². The molecule has 1 aromatic rings. The maximum Gasteiger partial charge on any atom is 0.221 e. The number of benzene rings is 1. The van der Waals surface area contributed by atoms with Gasteiger partial charge < -0.3 is 15.8 Å². The van der Waals surface area contributed by atoms with Gasteiger partial charge in [-0.05, 0) is 26.0 Å². The summed E-state index contributed by atoms with van der Waals surface area (Å²) in [5, 5.41) is 3.01. The van der Waals surface area contributed by atoms with E-state index >= 15 is 0 Å². The van der Waals surface area contributed by atoms with Crippen LogP contribution >= 0.6 is 0 Å². The van der Waals surface area contributed by atoms with Gasteiger partial charge in [-0.1, -0.05) is 18.2 Å². The van der Waals surface area contributed by atoms with E-state index < -0.39 is 0 Å². The van der Waals surface area contributed by atoms with Gasteiger partial charge in [0.1, 0.15) is 5.75 Å². The summed E-state index contributed by atoms with van der Waals surface area (Å²) in [6.45, 7) is 1.17. The van der Waals surface area contributed by atoms with E-state index in [9.17, 15) is 4.79 Å². The zero-order valence-corrected chi connectivity index (χ0v) is 12.8. The Kier molecular flexibility index (Phi) is 5.59. The first-order chi connectivity index (χ1) is 10.1. The molecule has 2 rings (SSSR count). The van der Waals surface area contributed by atoms with Crippen molar-refractivity contribution in [3.8, 4) is 5.75 Å². The molecule has 0 heterocycles. The Labute approximate surface area is 126 Å². The van der Waals surface area contributed by atoms with Crippen LogP contribution < -0.4 is 15.8 Å². The Hall–Kier alpha value is -1.59. The largest absolute Gasteiger partial charge is 0.496 e. The second-order valence-electron chi connectivity index (χ2n) is 5.66. The predicted octanol–water partition coefficient (Wildman–Crippen LogP) is 1.12. The molecule has 1 saturated carbocycles. The first-order valence-corrected chi connectivity index (χ1v) is 7.45. The zero-order valence-electron chi connectivity index (χ0n) is 12.8. The van der Waals surface area contributed by atoms with Crippen molar-refractivity contribution in [1.29, 1.82) is 0 Å². The summed E-state index contributed by atoms with van der Waals surface area (Å²) in [6, 6.07) is 8.35. The maximum atomic E-state index is 11.9. The third kappa shape index (κ3) is 4.72. The average Bonchev–Trinajstić information content (AvgIpc) is 3.29. The van der Waals surface area contributed by atoms with Gasteiger partial charge in [0.25, 0.3) is 0 Å². The van der Waals surface area contributed by atoms with Gasteiger partial charge in [-0.3, -0.25) is 9.69 Å². The van der Waals surface area contributed by atoms with Gasteiger partial charge in [0.05, 0.1) is 7.11 Å². The number of nitrogens with two attached hydrogens (primary N) is 1. The van der Waals surface area contributed by atoms with E-state index in [1.165, 1.54) is 0 Å². The highest BCUT2D eigenvalue weighted by Crippen LogP contribution is 2.21. The molecule has 1 amide bonds. The van der Waals surface area contributed by atoms with E-state index in [4.69, 9.17) is 10.5 Å². The molecule has 0 aromatic heterocycles. The summed E-state index contributed by atoms with van der Waals surface area (Å²) in [7, 11) is 3.66. The van der Waals surface area contributed by atoms with Crippen LogP contribution in [0.15, 0.2) is 24.3 Å². The first-order valence-electron chi connectivity index (χ1n) is 7.45. The SMILES string of the molecule is COc1ccccc1CN(C)C(CN)CC(=O)NC1CC1. The van der Waals surface area contributed by atoms with E-state index in [0.29, 0.717) is 25.6 Å². The molecular weight excluding hydrogens is 266 g/mol. The number of hydrogen-bond donors (Lipinski definition) is 2. The number of likely N-dealkylation sites (N-methyl/N-ethyl adjacent to an activating group) is 1. The fourth-order valence-corrected chi connectivity index (χ4v) is 2.38. The maximum absolute atomic E-state index is 11.9. The minimum Gasteiger partial charge on any atom is -0.496 e. The summed E-state index contributed by atoms with van der Waals surface area (Å²) in [4.78, 5) is 14.0. The lowest BCUT2D eigenvalue weighted by Gasteiger charge is -2.27. The highest BCUT2D eigenvalue weighted by atomic mass is 16.5. The molecule has 5 heteroatoms. The number of nitrogens with one attached hydrogen (secondary N) is 1. The van der Waals surface area contributed by atoms with Crippen LogP contribution in [0.4, 0.5) is 0 Å². The molecule has 1 aromatic carbocycles. The quantitative estimate of drug-likeness (QED) is 0.753. The molecule has 21 heavy (non-hydrogen) atoms. The lowest BCUT2D eigenvalue weighted by atomic mass is 10.1. The van der Waals surface area contributed by atoms with Crippen molar-refractivity contribution in [2.75, 3.05) is 20.7 Å². The molecule has 1 fully saturated rings. The number of amides is 1. The number of methoxy groups -OCH3 is 1. The fourth-order valence-electron chi connectivity index (χ4n) is 2.38. The summed E-state index contributed by atoms with van der Waals surface area (Å²) in [6.07, 6.45) is 2.66. The third-order valence-corrected chi connectivity index (χ3v) is 3.87. The molecule has 0 radical (unpaired) electrons. The standard InChI is InChI=1S/C16H25N3O2/c1-19(11-12-5-3-4-6-15(12)21-2)14(10-17)9-16(20)18-13-7-8-13/h3-6,13-14H,7-11,17H2,1-2H3,(H,18,20). The normalized spacial score (nSPS) is 15.8. The van der Waals surface area contributed by atoms with E-state index in [-0.39, 0.29) is 11.9 Å². The number of nitrogens with zero attached hydrogens (tertiary/aromatic N) is 1. The van der Waals surface area contributed by atoms with Crippen molar-refractivity contribution in [3.05, 3.63) is 29.8 Å². The Morgan fingerprint density at radius 2 is 2.19 bits per heavy atom. The molecule has 1 aliphatic rings. The number of carbonyl (C=O) groups excluding carboxylic acids is 1. The zero-order chi connectivity index (χ0) is 15.2. The predicted molar refractivity (Wildman–Crippen MR) is 83.1 cm³/mol. The average molecular weight is 291 g/mol. The molecule has 1 atom stereocenters. The molecule has 0 saturated heterocycles. The van der Waals surface area contributed by atoms with Crippen LogP contribution in [0.5, 0.6) is 5.75 Å². The van der Waals surface area contributed by atoms with E-state index in [1.54, 1.807) is 7.11 Å². The van der Waals surface area contributed by atoms with Gasteiger partial charge in [0.15, 0.2) is 0 Å². The van der Waals surface area contributed by atoms with Crippen LogP contribution in [0.3, 0.4) is 0 Å². The molecular formula is C16H25N3O2. The van der Waals surface area contributed by atoms with E-state index in [0.717, 1.165) is 24.2 Å². The molecule has 0 aliphatic heterocycles. The Morgan fingerprint density at radius 3 is 2.81 bits per heavy atom. The molecule has 3 N–H and O–H groups in total. The molecule has 0 bridgehead atoms. The highest BCUT2D eigenvalue weighted by molar-refractivity contribution is 5.77. The number of rotatable bonds is 8. The van der Waals surface area contributed by atoms with Gasteiger partial charge in [-0.2, -0.15) is 0 Å². The van der Waals surface area contributed by atoms with Crippen LogP contribution in [0.25, 0.3) is 0 Å². The minimum atomic E-state index is 0.0358. The number of carbonyl (C=O) groups is 1. The number of hydrogen-bond acceptors (Lipinski definition) is 4. The summed E-state index contributed by atoms with van der Waals surface area (Å²) >= 11 is 0. The molecule has 5 nitrogen and oxygen atoms in total. The molecule has 116 valence electrons. The second-order valence-corrected chi connectivity index (χ2v) is 5.66. The van der Waals surface area contributed by atoms with Crippen molar-refractivity contribution in [2.45, 2.75) is 37.9 Å². The van der Waals surface area contributed by atoms with Gasteiger partial charge >= 0.3 is 0 Å². The Bertz CT molecular complexity index is 474. The van der Waals surface area contributed by atoms with E-state index in [1.807, 2.05) is 31.3 Å². The lowest BCUT2D eigenvalue weighted by molar-refractivity contribution is -0.122.